The van der Waals surface area contributed by atoms with E-state index in [0.29, 0.717) is 5.75 Å². The molecule has 1 atom stereocenters. The highest BCUT2D eigenvalue weighted by molar-refractivity contribution is 8.00. The zero-order chi connectivity index (χ0) is 16.8. The SMILES string of the molecule is COc1ccc(C(NC(=O)CSCC(=O)O)C(F)(F)F)cc1. The Morgan fingerprint density at radius 3 is 2.32 bits per heavy atom. The molecule has 0 saturated heterocycles. The van der Waals surface area contributed by atoms with Crippen LogP contribution in [0.25, 0.3) is 0 Å². The third-order valence-electron chi connectivity index (χ3n) is 2.54. The highest BCUT2D eigenvalue weighted by atomic mass is 32.2. The average molecular weight is 337 g/mol. The zero-order valence-corrected chi connectivity index (χ0v) is 12.3. The van der Waals surface area contributed by atoms with E-state index in [9.17, 15) is 22.8 Å². The molecule has 122 valence electrons. The number of ether oxygens (including phenoxy) is 1. The molecule has 1 amide bonds. The highest BCUT2D eigenvalue weighted by Crippen LogP contribution is 2.33. The maximum Gasteiger partial charge on any atom is 0.412 e. The smallest absolute Gasteiger partial charge is 0.412 e. The summed E-state index contributed by atoms with van der Waals surface area (Å²) in [5.41, 5.74) is -0.134. The van der Waals surface area contributed by atoms with Crippen molar-refractivity contribution in [3.8, 4) is 5.75 Å². The summed E-state index contributed by atoms with van der Waals surface area (Å²) in [7, 11) is 1.39. The van der Waals surface area contributed by atoms with E-state index in [-0.39, 0.29) is 17.1 Å². The van der Waals surface area contributed by atoms with Gasteiger partial charge >= 0.3 is 12.1 Å². The lowest BCUT2D eigenvalue weighted by Crippen LogP contribution is -2.39. The van der Waals surface area contributed by atoms with Crippen LogP contribution in [0.1, 0.15) is 11.6 Å². The van der Waals surface area contributed by atoms with E-state index in [1.165, 1.54) is 31.4 Å². The number of amides is 1. The van der Waals surface area contributed by atoms with Gasteiger partial charge in [-0.05, 0) is 17.7 Å². The number of rotatable bonds is 7. The van der Waals surface area contributed by atoms with Crippen LogP contribution in [0, 0.1) is 0 Å². The first kappa shape index (κ1) is 18.1. The molecule has 0 aliphatic heterocycles. The molecule has 1 rings (SSSR count). The molecule has 2 N–H and O–H groups in total. The Morgan fingerprint density at radius 2 is 1.86 bits per heavy atom. The number of carboxylic acid groups (broad SMARTS) is 1. The van der Waals surface area contributed by atoms with Crippen molar-refractivity contribution < 1.29 is 32.6 Å². The Hall–Kier alpha value is -1.90. The van der Waals surface area contributed by atoms with Crippen molar-refractivity contribution in [3.05, 3.63) is 29.8 Å². The number of hydrogen-bond acceptors (Lipinski definition) is 4. The lowest BCUT2D eigenvalue weighted by atomic mass is 10.1. The van der Waals surface area contributed by atoms with E-state index in [2.05, 4.69) is 0 Å². The minimum atomic E-state index is -4.66. The number of carbonyl (C=O) groups is 2. The van der Waals surface area contributed by atoms with Crippen LogP contribution in [0.2, 0.25) is 0 Å². The summed E-state index contributed by atoms with van der Waals surface area (Å²) < 4.78 is 44.0. The number of thioether (sulfide) groups is 1. The van der Waals surface area contributed by atoms with Gasteiger partial charge in [0, 0.05) is 0 Å². The van der Waals surface area contributed by atoms with Crippen molar-refractivity contribution >= 4 is 23.6 Å². The van der Waals surface area contributed by atoms with Crippen molar-refractivity contribution in [2.75, 3.05) is 18.6 Å². The van der Waals surface area contributed by atoms with Gasteiger partial charge in [-0.15, -0.1) is 11.8 Å². The quantitative estimate of drug-likeness (QED) is 0.798. The first-order valence-electron chi connectivity index (χ1n) is 6.03. The number of carboxylic acids is 1. The number of aliphatic carboxylic acids is 1. The first-order valence-corrected chi connectivity index (χ1v) is 7.19. The maximum atomic E-state index is 13.1. The first-order chi connectivity index (χ1) is 10.2. The van der Waals surface area contributed by atoms with E-state index in [0.717, 1.165) is 11.8 Å². The van der Waals surface area contributed by atoms with Gasteiger partial charge in [0.2, 0.25) is 5.91 Å². The molecule has 1 unspecified atom stereocenters. The number of benzene rings is 1. The lowest BCUT2D eigenvalue weighted by Gasteiger charge is -2.22. The van der Waals surface area contributed by atoms with Crippen LogP contribution in [-0.2, 0) is 9.59 Å². The van der Waals surface area contributed by atoms with Crippen LogP contribution in [-0.4, -0.2) is 41.8 Å². The standard InChI is InChI=1S/C13H14F3NO4S/c1-21-9-4-2-8(3-5-9)12(13(14,15)16)17-10(18)6-22-7-11(19)20/h2-5,12H,6-7H2,1H3,(H,17,18)(H,19,20). The number of carbonyl (C=O) groups excluding carboxylic acids is 1. The molecule has 0 bridgehead atoms. The normalized spacial score (nSPS) is 12.5. The topological polar surface area (TPSA) is 75.6 Å². The molecular weight excluding hydrogens is 323 g/mol. The molecule has 22 heavy (non-hydrogen) atoms. The van der Waals surface area contributed by atoms with Crippen molar-refractivity contribution in [1.29, 1.82) is 0 Å². The lowest BCUT2D eigenvalue weighted by molar-refractivity contribution is -0.162. The Bertz CT molecular complexity index is 519. The van der Waals surface area contributed by atoms with E-state index >= 15 is 0 Å². The Morgan fingerprint density at radius 1 is 1.27 bits per heavy atom. The Balaban J connectivity index is 2.76. The number of nitrogens with one attached hydrogen (secondary N) is 1. The molecule has 5 nitrogen and oxygen atoms in total. The molecule has 1 aromatic rings. The average Bonchev–Trinajstić information content (AvgIpc) is 2.43. The largest absolute Gasteiger partial charge is 0.497 e. The fraction of sp³-hybridized carbons (Fsp3) is 0.385. The summed E-state index contributed by atoms with van der Waals surface area (Å²) >= 11 is 0.724. The number of hydrogen-bond donors (Lipinski definition) is 2. The Labute approximate surface area is 128 Å². The van der Waals surface area contributed by atoms with Crippen molar-refractivity contribution in [3.63, 3.8) is 0 Å². The second kappa shape index (κ2) is 7.92. The molecule has 0 aromatic heterocycles. The maximum absolute atomic E-state index is 13.1. The van der Waals surface area contributed by atoms with Gasteiger partial charge < -0.3 is 15.2 Å². The van der Waals surface area contributed by atoms with Crippen LogP contribution >= 0.6 is 11.8 Å². The van der Waals surface area contributed by atoms with Gasteiger partial charge in [-0.3, -0.25) is 9.59 Å². The van der Waals surface area contributed by atoms with Crippen molar-refractivity contribution in [2.45, 2.75) is 12.2 Å². The zero-order valence-electron chi connectivity index (χ0n) is 11.5. The van der Waals surface area contributed by atoms with Crippen LogP contribution < -0.4 is 10.1 Å². The van der Waals surface area contributed by atoms with Gasteiger partial charge in [0.15, 0.2) is 6.04 Å². The van der Waals surface area contributed by atoms with Gasteiger partial charge in [0.05, 0.1) is 18.6 Å². The molecule has 0 heterocycles. The minimum Gasteiger partial charge on any atom is -0.497 e. The number of methoxy groups -OCH3 is 1. The predicted molar refractivity (Wildman–Crippen MR) is 74.9 cm³/mol. The van der Waals surface area contributed by atoms with Crippen molar-refractivity contribution in [1.82, 2.24) is 5.32 Å². The Kier molecular flexibility index (Phi) is 6.54. The summed E-state index contributed by atoms with van der Waals surface area (Å²) in [4.78, 5) is 21.8. The molecule has 0 radical (unpaired) electrons. The fourth-order valence-corrected chi connectivity index (χ4v) is 2.13. The van der Waals surface area contributed by atoms with Crippen LogP contribution in [0.4, 0.5) is 13.2 Å². The third-order valence-corrected chi connectivity index (χ3v) is 3.46. The van der Waals surface area contributed by atoms with Crippen molar-refractivity contribution in [2.24, 2.45) is 0 Å². The van der Waals surface area contributed by atoms with Crippen LogP contribution in [0.3, 0.4) is 0 Å². The van der Waals surface area contributed by atoms with E-state index in [4.69, 9.17) is 9.84 Å². The van der Waals surface area contributed by atoms with E-state index in [1.807, 2.05) is 5.32 Å². The van der Waals surface area contributed by atoms with E-state index in [1.54, 1.807) is 0 Å². The summed E-state index contributed by atoms with van der Waals surface area (Å²) in [6.45, 7) is 0. The highest BCUT2D eigenvalue weighted by Gasteiger charge is 2.41. The monoisotopic (exact) mass is 337 g/mol. The van der Waals surface area contributed by atoms with Crippen LogP contribution in [0.5, 0.6) is 5.75 Å². The molecule has 0 spiro atoms. The number of alkyl halides is 3. The van der Waals surface area contributed by atoms with Gasteiger partial charge in [-0.2, -0.15) is 13.2 Å². The van der Waals surface area contributed by atoms with E-state index < -0.39 is 24.1 Å². The molecule has 0 aliphatic carbocycles. The second-order valence-corrected chi connectivity index (χ2v) is 5.19. The van der Waals surface area contributed by atoms with Crippen LogP contribution in [0.15, 0.2) is 24.3 Å². The second-order valence-electron chi connectivity index (χ2n) is 4.20. The molecule has 0 saturated carbocycles. The van der Waals surface area contributed by atoms with Gasteiger partial charge in [-0.25, -0.2) is 0 Å². The summed E-state index contributed by atoms with van der Waals surface area (Å²) in [6, 6.07) is 2.98. The molecular formula is C13H14F3NO4S. The predicted octanol–water partition coefficient (Wildman–Crippen LogP) is 2.23. The third kappa shape index (κ3) is 5.84. The molecule has 0 aliphatic rings. The summed E-state index contributed by atoms with van der Waals surface area (Å²) in [5.74, 6) is -2.35. The minimum absolute atomic E-state index is 0.134. The number of halogens is 3. The summed E-state index contributed by atoms with van der Waals surface area (Å²) in [6.07, 6.45) is -4.66. The fourth-order valence-electron chi connectivity index (χ4n) is 1.58. The summed E-state index contributed by atoms with van der Waals surface area (Å²) in [5, 5.41) is 10.3. The van der Waals surface area contributed by atoms with Gasteiger partial charge in [0.25, 0.3) is 0 Å². The molecule has 0 fully saturated rings. The molecule has 1 aromatic carbocycles. The molecule has 9 heteroatoms. The van der Waals surface area contributed by atoms with Gasteiger partial charge in [-0.1, -0.05) is 12.1 Å². The van der Waals surface area contributed by atoms with Gasteiger partial charge in [0.1, 0.15) is 5.75 Å².